The largest absolute Gasteiger partial charge is 0.495 e. The van der Waals surface area contributed by atoms with E-state index in [0.29, 0.717) is 23.5 Å². The highest BCUT2D eigenvalue weighted by Gasteiger charge is 2.14. The van der Waals surface area contributed by atoms with Crippen LogP contribution in [-0.4, -0.2) is 23.9 Å². The summed E-state index contributed by atoms with van der Waals surface area (Å²) < 4.78 is 5.29. The molecular formula is C23H23N3O3. The molecule has 0 aliphatic carbocycles. The number of methoxy groups -OCH3 is 1. The molecule has 0 radical (unpaired) electrons. The molecule has 0 spiro atoms. The molecule has 0 saturated carbocycles. The van der Waals surface area contributed by atoms with E-state index >= 15 is 0 Å². The van der Waals surface area contributed by atoms with Gasteiger partial charge in [-0.25, -0.2) is 0 Å². The molecule has 0 bridgehead atoms. The number of hydrogen-bond donors (Lipinski definition) is 2. The Morgan fingerprint density at radius 1 is 0.966 bits per heavy atom. The molecule has 1 aromatic heterocycles. The van der Waals surface area contributed by atoms with Crippen molar-refractivity contribution in [3.8, 4) is 5.75 Å². The molecule has 0 aliphatic rings. The first-order chi connectivity index (χ1) is 14.0. The Labute approximate surface area is 169 Å². The van der Waals surface area contributed by atoms with Gasteiger partial charge in [0.1, 0.15) is 11.4 Å². The van der Waals surface area contributed by atoms with Gasteiger partial charge in [0.2, 0.25) is 0 Å². The Hall–Kier alpha value is -3.67. The van der Waals surface area contributed by atoms with Crippen LogP contribution >= 0.6 is 0 Å². The van der Waals surface area contributed by atoms with Crippen molar-refractivity contribution >= 4 is 17.5 Å². The minimum Gasteiger partial charge on any atom is -0.495 e. The Balaban J connectivity index is 1.71. The SMILES string of the molecule is COc1ccc(C)cc1NC(=O)c1ccnc(C(=O)NCc2cccc(C)c2)c1. The van der Waals surface area contributed by atoms with Crippen molar-refractivity contribution in [1.82, 2.24) is 10.3 Å². The van der Waals surface area contributed by atoms with Crippen LogP contribution in [0, 0.1) is 13.8 Å². The smallest absolute Gasteiger partial charge is 0.270 e. The van der Waals surface area contributed by atoms with Gasteiger partial charge in [0.15, 0.2) is 0 Å². The molecule has 0 aliphatic heterocycles. The van der Waals surface area contributed by atoms with Gasteiger partial charge in [-0.05, 0) is 49.2 Å². The third-order valence-electron chi connectivity index (χ3n) is 4.39. The number of rotatable bonds is 6. The Morgan fingerprint density at radius 3 is 2.52 bits per heavy atom. The molecule has 6 heteroatoms. The van der Waals surface area contributed by atoms with E-state index in [4.69, 9.17) is 4.74 Å². The molecule has 2 N–H and O–H groups in total. The third-order valence-corrected chi connectivity index (χ3v) is 4.39. The Bertz CT molecular complexity index is 1050. The van der Waals surface area contributed by atoms with E-state index < -0.39 is 0 Å². The average molecular weight is 389 g/mol. The van der Waals surface area contributed by atoms with E-state index in [-0.39, 0.29) is 17.5 Å². The standard InChI is InChI=1S/C23H23N3O3/c1-15-5-4-6-17(11-15)14-25-23(28)20-13-18(9-10-24-20)22(27)26-19-12-16(2)7-8-21(19)29-3/h4-13H,14H2,1-3H3,(H,25,28)(H,26,27). The van der Waals surface area contributed by atoms with Crippen molar-refractivity contribution in [2.24, 2.45) is 0 Å². The number of amides is 2. The van der Waals surface area contributed by atoms with Crippen LogP contribution in [0.15, 0.2) is 60.8 Å². The topological polar surface area (TPSA) is 80.3 Å². The number of anilines is 1. The molecule has 3 rings (SSSR count). The number of hydrogen-bond acceptors (Lipinski definition) is 4. The highest BCUT2D eigenvalue weighted by molar-refractivity contribution is 6.06. The summed E-state index contributed by atoms with van der Waals surface area (Å²) in [6.45, 7) is 4.31. The molecule has 0 atom stereocenters. The average Bonchev–Trinajstić information content (AvgIpc) is 2.72. The number of nitrogens with one attached hydrogen (secondary N) is 2. The number of aryl methyl sites for hydroxylation is 2. The van der Waals surface area contributed by atoms with Gasteiger partial charge < -0.3 is 15.4 Å². The lowest BCUT2D eigenvalue weighted by Gasteiger charge is -2.11. The van der Waals surface area contributed by atoms with Gasteiger partial charge in [-0.15, -0.1) is 0 Å². The van der Waals surface area contributed by atoms with Crippen LogP contribution in [0.2, 0.25) is 0 Å². The van der Waals surface area contributed by atoms with Crippen LogP contribution in [-0.2, 0) is 6.54 Å². The number of benzene rings is 2. The number of carbonyl (C=O) groups excluding carboxylic acids is 2. The zero-order valence-electron chi connectivity index (χ0n) is 16.7. The van der Waals surface area contributed by atoms with Crippen LogP contribution in [0.5, 0.6) is 5.75 Å². The van der Waals surface area contributed by atoms with Gasteiger partial charge in [-0.1, -0.05) is 35.9 Å². The van der Waals surface area contributed by atoms with Crippen LogP contribution in [0.3, 0.4) is 0 Å². The van der Waals surface area contributed by atoms with Gasteiger partial charge in [0.25, 0.3) is 11.8 Å². The fourth-order valence-electron chi connectivity index (χ4n) is 2.90. The summed E-state index contributed by atoms with van der Waals surface area (Å²) in [6, 6.07) is 16.5. The predicted octanol–water partition coefficient (Wildman–Crippen LogP) is 3.89. The summed E-state index contributed by atoms with van der Waals surface area (Å²) in [7, 11) is 1.55. The molecule has 3 aromatic rings. The van der Waals surface area contributed by atoms with Crippen LogP contribution < -0.4 is 15.4 Å². The van der Waals surface area contributed by atoms with E-state index in [9.17, 15) is 9.59 Å². The number of pyridine rings is 1. The zero-order valence-corrected chi connectivity index (χ0v) is 16.7. The molecule has 29 heavy (non-hydrogen) atoms. The summed E-state index contributed by atoms with van der Waals surface area (Å²) in [5, 5.41) is 5.66. The molecule has 6 nitrogen and oxygen atoms in total. The predicted molar refractivity (Wildman–Crippen MR) is 112 cm³/mol. The summed E-state index contributed by atoms with van der Waals surface area (Å²) in [5.41, 5.74) is 4.21. The highest BCUT2D eigenvalue weighted by Crippen LogP contribution is 2.25. The highest BCUT2D eigenvalue weighted by atomic mass is 16.5. The quantitative estimate of drug-likeness (QED) is 0.670. The van der Waals surface area contributed by atoms with Gasteiger partial charge >= 0.3 is 0 Å². The van der Waals surface area contributed by atoms with Gasteiger partial charge in [0.05, 0.1) is 12.8 Å². The second kappa shape index (κ2) is 9.01. The molecule has 2 aromatic carbocycles. The van der Waals surface area contributed by atoms with Gasteiger partial charge in [0, 0.05) is 18.3 Å². The number of carbonyl (C=O) groups is 2. The Kier molecular flexibility index (Phi) is 6.24. The van der Waals surface area contributed by atoms with Crippen LogP contribution in [0.25, 0.3) is 0 Å². The minimum atomic E-state index is -0.343. The maximum atomic E-state index is 12.7. The summed E-state index contributed by atoms with van der Waals surface area (Å²) in [5.74, 6) is -0.118. The second-order valence-corrected chi connectivity index (χ2v) is 6.76. The van der Waals surface area contributed by atoms with E-state index in [1.165, 1.54) is 12.3 Å². The summed E-state index contributed by atoms with van der Waals surface area (Å²) >= 11 is 0. The maximum absolute atomic E-state index is 12.7. The Morgan fingerprint density at radius 2 is 1.76 bits per heavy atom. The third kappa shape index (κ3) is 5.19. The molecule has 0 fully saturated rings. The van der Waals surface area contributed by atoms with E-state index in [1.54, 1.807) is 19.2 Å². The summed E-state index contributed by atoms with van der Waals surface area (Å²) in [6.07, 6.45) is 1.45. The normalized spacial score (nSPS) is 10.3. The first kappa shape index (κ1) is 20.1. The minimum absolute atomic E-state index is 0.182. The fourth-order valence-corrected chi connectivity index (χ4v) is 2.90. The van der Waals surface area contributed by atoms with Crippen molar-refractivity contribution in [2.45, 2.75) is 20.4 Å². The van der Waals surface area contributed by atoms with E-state index in [2.05, 4.69) is 15.6 Å². The lowest BCUT2D eigenvalue weighted by atomic mass is 10.1. The van der Waals surface area contributed by atoms with E-state index in [0.717, 1.165) is 16.7 Å². The molecule has 0 saturated heterocycles. The van der Waals surface area contributed by atoms with Crippen LogP contribution in [0.4, 0.5) is 5.69 Å². The molecule has 1 heterocycles. The van der Waals surface area contributed by atoms with Crippen molar-refractivity contribution < 1.29 is 14.3 Å². The van der Waals surface area contributed by atoms with Crippen molar-refractivity contribution in [3.05, 3.63) is 88.7 Å². The zero-order chi connectivity index (χ0) is 20.8. The molecule has 0 unspecified atom stereocenters. The summed E-state index contributed by atoms with van der Waals surface area (Å²) in [4.78, 5) is 29.2. The fraction of sp³-hybridized carbons (Fsp3) is 0.174. The van der Waals surface area contributed by atoms with Crippen molar-refractivity contribution in [2.75, 3.05) is 12.4 Å². The van der Waals surface area contributed by atoms with Crippen molar-refractivity contribution in [3.63, 3.8) is 0 Å². The van der Waals surface area contributed by atoms with Gasteiger partial charge in [-0.3, -0.25) is 14.6 Å². The first-order valence-corrected chi connectivity index (χ1v) is 9.22. The number of ether oxygens (including phenoxy) is 1. The number of aromatic nitrogens is 1. The van der Waals surface area contributed by atoms with Crippen molar-refractivity contribution in [1.29, 1.82) is 0 Å². The lowest BCUT2D eigenvalue weighted by molar-refractivity contribution is 0.0946. The monoisotopic (exact) mass is 389 g/mol. The first-order valence-electron chi connectivity index (χ1n) is 9.22. The van der Waals surface area contributed by atoms with Gasteiger partial charge in [-0.2, -0.15) is 0 Å². The molecule has 148 valence electrons. The van der Waals surface area contributed by atoms with E-state index in [1.807, 2.05) is 50.2 Å². The number of nitrogens with zero attached hydrogens (tertiary/aromatic N) is 1. The second-order valence-electron chi connectivity index (χ2n) is 6.76. The maximum Gasteiger partial charge on any atom is 0.270 e. The van der Waals surface area contributed by atoms with Crippen LogP contribution in [0.1, 0.15) is 37.5 Å². The molecular weight excluding hydrogens is 366 g/mol. The molecule has 2 amide bonds. The lowest BCUT2D eigenvalue weighted by Crippen LogP contribution is -2.24.